The first-order chi connectivity index (χ1) is 27.3. The first-order valence-electron chi connectivity index (χ1n) is 19.6. The molecule has 0 radical (unpaired) electrons. The van der Waals surface area contributed by atoms with Gasteiger partial charge < -0.3 is 19.3 Å². The highest BCUT2D eigenvalue weighted by molar-refractivity contribution is 6.23. The quantitative estimate of drug-likeness (QED) is 0.221. The van der Waals surface area contributed by atoms with Crippen LogP contribution in [0.3, 0.4) is 0 Å². The lowest BCUT2D eigenvalue weighted by Gasteiger charge is -2.44. The Hall–Kier alpha value is -5.89. The number of nitrogens with zero attached hydrogens (tertiary/aromatic N) is 8. The standard InChI is InChI=1S/C42H42FN9O4/c43-29-4-1-3-27(19-29)34-5-2-15-50(34)38-10-9-37-44-21-36(52(37)46-38)28-12-18-48(25-28)30-13-16-47(17-14-30)22-26-23-49(24-26)31-6-7-32-33(20-31)42(56)51(41(32)55)35-8-11-39(53)45-40(35)54/h1,3-4,6-7,9-10,12,18-21,25-26,30,34-35H,2,5,8,11,13-17,22-24H2,(H,45,53,54)/t34-,35?/m1/s1. The predicted octanol–water partition coefficient (Wildman–Crippen LogP) is 4.85. The van der Waals surface area contributed by atoms with Crippen molar-refractivity contribution in [3.8, 4) is 11.3 Å². The van der Waals surface area contributed by atoms with Crippen LogP contribution >= 0.6 is 0 Å². The summed E-state index contributed by atoms with van der Waals surface area (Å²) in [6.07, 6.45) is 10.6. The SMILES string of the molecule is O=C1CCC(N2C(=O)c3ccc(N4CC(CN5CCC(n6ccc(-c7cnc8ccc(N9CCC[C@@H]9c9cccc(F)c9)nn78)c6)CC5)C4)cc3C2=O)C(=O)N1. The number of halogens is 1. The number of fused-ring (bicyclic) bond motifs is 2. The number of hydrogen-bond donors (Lipinski definition) is 1. The maximum absolute atomic E-state index is 14.1. The average Bonchev–Trinajstić information content (AvgIpc) is 4.00. The molecule has 4 amide bonds. The summed E-state index contributed by atoms with van der Waals surface area (Å²) in [5.41, 5.74) is 5.30. The van der Waals surface area contributed by atoms with Gasteiger partial charge in [0, 0.05) is 81.3 Å². The normalized spacial score (nSPS) is 22.3. The molecule has 0 aliphatic carbocycles. The molecule has 2 aromatic carbocycles. The van der Waals surface area contributed by atoms with Crippen molar-refractivity contribution in [1.29, 1.82) is 0 Å². The molecule has 56 heavy (non-hydrogen) atoms. The molecule has 0 saturated carbocycles. The Morgan fingerprint density at radius 2 is 1.68 bits per heavy atom. The molecule has 10 rings (SSSR count). The number of amides is 4. The molecule has 8 heterocycles. The van der Waals surface area contributed by atoms with Crippen molar-refractivity contribution in [3.63, 3.8) is 0 Å². The second-order valence-corrected chi connectivity index (χ2v) is 15.8. The highest BCUT2D eigenvalue weighted by Gasteiger charge is 2.45. The van der Waals surface area contributed by atoms with Gasteiger partial charge in [0.2, 0.25) is 11.8 Å². The van der Waals surface area contributed by atoms with Gasteiger partial charge in [0.1, 0.15) is 17.7 Å². The lowest BCUT2D eigenvalue weighted by atomic mass is 9.95. The number of piperidine rings is 2. The summed E-state index contributed by atoms with van der Waals surface area (Å²) >= 11 is 0. The maximum atomic E-state index is 14.1. The van der Waals surface area contributed by atoms with E-state index < -0.39 is 23.8 Å². The van der Waals surface area contributed by atoms with E-state index in [0.717, 1.165) is 104 Å². The van der Waals surface area contributed by atoms with Crippen molar-refractivity contribution in [1.82, 2.24) is 34.3 Å². The van der Waals surface area contributed by atoms with Crippen molar-refractivity contribution in [2.24, 2.45) is 5.92 Å². The number of carbonyl (C=O) groups excluding carboxylic acids is 4. The molecular formula is C42H42FN9O4. The number of imide groups is 2. The van der Waals surface area contributed by atoms with Crippen molar-refractivity contribution >= 4 is 40.8 Å². The number of anilines is 2. The predicted molar refractivity (Wildman–Crippen MR) is 206 cm³/mol. The number of hydrogen-bond acceptors (Lipinski definition) is 9. The molecule has 1 unspecified atom stereocenters. The Balaban J connectivity index is 0.742. The molecular weight excluding hydrogens is 714 g/mol. The Morgan fingerprint density at radius 3 is 2.50 bits per heavy atom. The third-order valence-electron chi connectivity index (χ3n) is 12.4. The topological polar surface area (TPSA) is 128 Å². The summed E-state index contributed by atoms with van der Waals surface area (Å²) in [5.74, 6) is -0.793. The zero-order valence-corrected chi connectivity index (χ0v) is 30.9. The Morgan fingerprint density at radius 1 is 0.839 bits per heavy atom. The molecule has 1 N–H and O–H groups in total. The van der Waals surface area contributed by atoms with Crippen LogP contribution in [0.4, 0.5) is 15.9 Å². The van der Waals surface area contributed by atoms with Crippen molar-refractivity contribution < 1.29 is 23.6 Å². The van der Waals surface area contributed by atoms with Gasteiger partial charge >= 0.3 is 0 Å². The fraction of sp³-hybridized carbons (Fsp3) is 0.381. The van der Waals surface area contributed by atoms with Crippen LogP contribution in [0.2, 0.25) is 0 Å². The van der Waals surface area contributed by atoms with E-state index in [9.17, 15) is 23.6 Å². The Kier molecular flexibility index (Phi) is 8.46. The molecule has 4 saturated heterocycles. The number of benzene rings is 2. The Labute approximate surface area is 322 Å². The molecule has 4 fully saturated rings. The number of likely N-dealkylation sites (tertiary alicyclic amines) is 1. The largest absolute Gasteiger partial charge is 0.371 e. The zero-order valence-electron chi connectivity index (χ0n) is 30.9. The van der Waals surface area contributed by atoms with Gasteiger partial charge in [-0.05, 0) is 86.2 Å². The molecule has 286 valence electrons. The van der Waals surface area contributed by atoms with E-state index in [1.54, 1.807) is 24.3 Å². The molecule has 0 bridgehead atoms. The van der Waals surface area contributed by atoms with E-state index in [4.69, 9.17) is 5.10 Å². The van der Waals surface area contributed by atoms with Crippen molar-refractivity contribution in [2.75, 3.05) is 49.1 Å². The monoisotopic (exact) mass is 755 g/mol. The summed E-state index contributed by atoms with van der Waals surface area (Å²) in [5, 5.41) is 7.30. The lowest BCUT2D eigenvalue weighted by molar-refractivity contribution is -0.136. The van der Waals surface area contributed by atoms with Crippen LogP contribution < -0.4 is 15.1 Å². The number of imidazole rings is 1. The van der Waals surface area contributed by atoms with Crippen molar-refractivity contribution in [3.05, 3.63) is 102 Å². The van der Waals surface area contributed by atoms with Crippen LogP contribution in [0.25, 0.3) is 16.9 Å². The summed E-state index contributed by atoms with van der Waals surface area (Å²) in [7, 11) is 0. The first kappa shape index (κ1) is 34.6. The van der Waals surface area contributed by atoms with E-state index in [2.05, 4.69) is 48.0 Å². The summed E-state index contributed by atoms with van der Waals surface area (Å²) < 4.78 is 18.3. The van der Waals surface area contributed by atoms with Crippen LogP contribution in [0.5, 0.6) is 0 Å². The summed E-state index contributed by atoms with van der Waals surface area (Å²) in [6.45, 7) is 5.66. The number of nitrogens with one attached hydrogen (secondary N) is 1. The van der Waals surface area contributed by atoms with E-state index >= 15 is 0 Å². The van der Waals surface area contributed by atoms with Gasteiger partial charge in [-0.2, -0.15) is 0 Å². The van der Waals surface area contributed by atoms with Gasteiger partial charge in [-0.1, -0.05) is 12.1 Å². The van der Waals surface area contributed by atoms with Crippen molar-refractivity contribution in [2.45, 2.75) is 56.7 Å². The van der Waals surface area contributed by atoms with Gasteiger partial charge in [-0.25, -0.2) is 13.9 Å². The lowest BCUT2D eigenvalue weighted by Crippen LogP contribution is -2.54. The smallest absolute Gasteiger partial charge is 0.262 e. The van der Waals surface area contributed by atoms with Crippen LogP contribution in [0.1, 0.15) is 76.9 Å². The fourth-order valence-electron chi connectivity index (χ4n) is 9.42. The second kappa shape index (κ2) is 13.7. The summed E-state index contributed by atoms with van der Waals surface area (Å²) in [6, 6.07) is 17.9. The number of rotatable bonds is 8. The number of carbonyl (C=O) groups is 4. The van der Waals surface area contributed by atoms with E-state index in [0.29, 0.717) is 23.1 Å². The minimum absolute atomic E-state index is 0.0872. The Bertz CT molecular complexity index is 2390. The molecule has 2 atom stereocenters. The van der Waals surface area contributed by atoms with E-state index in [1.165, 1.54) is 6.07 Å². The third kappa shape index (κ3) is 6.03. The van der Waals surface area contributed by atoms with E-state index in [-0.39, 0.29) is 30.6 Å². The molecule has 3 aromatic heterocycles. The van der Waals surface area contributed by atoms with Gasteiger partial charge in [-0.15, -0.1) is 5.10 Å². The van der Waals surface area contributed by atoms with Crippen LogP contribution in [-0.2, 0) is 9.59 Å². The highest BCUT2D eigenvalue weighted by atomic mass is 19.1. The fourth-order valence-corrected chi connectivity index (χ4v) is 9.42. The molecule has 5 aromatic rings. The maximum Gasteiger partial charge on any atom is 0.262 e. The van der Waals surface area contributed by atoms with Gasteiger partial charge in [0.15, 0.2) is 5.65 Å². The molecule has 13 nitrogen and oxygen atoms in total. The third-order valence-corrected chi connectivity index (χ3v) is 12.4. The van der Waals surface area contributed by atoms with Crippen LogP contribution in [-0.4, -0.2) is 97.9 Å². The average molecular weight is 756 g/mol. The molecule has 14 heteroatoms. The summed E-state index contributed by atoms with van der Waals surface area (Å²) in [4.78, 5) is 63.2. The van der Waals surface area contributed by atoms with Crippen LogP contribution in [0.15, 0.2) is 79.3 Å². The minimum atomic E-state index is -0.965. The highest BCUT2D eigenvalue weighted by Crippen LogP contribution is 2.37. The van der Waals surface area contributed by atoms with Gasteiger partial charge in [-0.3, -0.25) is 29.4 Å². The van der Waals surface area contributed by atoms with Gasteiger partial charge in [0.25, 0.3) is 11.8 Å². The van der Waals surface area contributed by atoms with Gasteiger partial charge in [0.05, 0.1) is 29.1 Å². The zero-order chi connectivity index (χ0) is 38.1. The second-order valence-electron chi connectivity index (χ2n) is 15.8. The van der Waals surface area contributed by atoms with Crippen LogP contribution in [0, 0.1) is 11.7 Å². The number of aromatic nitrogens is 4. The molecule has 5 aliphatic rings. The molecule has 5 aliphatic heterocycles. The molecule has 0 spiro atoms. The first-order valence-corrected chi connectivity index (χ1v) is 19.6. The van der Waals surface area contributed by atoms with E-state index in [1.807, 2.05) is 35.0 Å². The minimum Gasteiger partial charge on any atom is -0.371 e.